The van der Waals surface area contributed by atoms with Gasteiger partial charge in [0, 0.05) is 12.6 Å². The zero-order valence-corrected chi connectivity index (χ0v) is 13.6. The number of hydrogen-bond donors (Lipinski definition) is 1. The van der Waals surface area contributed by atoms with Crippen molar-refractivity contribution < 1.29 is 13.2 Å². The molecular weight excluding hydrogens is 302 g/mol. The van der Waals surface area contributed by atoms with E-state index in [0.717, 1.165) is 12.0 Å². The number of rotatable bonds is 5. The van der Waals surface area contributed by atoms with Gasteiger partial charge in [0.15, 0.2) is 5.03 Å². The molecule has 1 aromatic heterocycles. The molecule has 1 aromatic carbocycles. The van der Waals surface area contributed by atoms with Crippen molar-refractivity contribution in [2.24, 2.45) is 7.05 Å². The molecule has 0 spiro atoms. The van der Waals surface area contributed by atoms with E-state index in [1.165, 1.54) is 23.5 Å². The topological polar surface area (TPSA) is 81.1 Å². The van der Waals surface area contributed by atoms with Gasteiger partial charge in [0.25, 0.3) is 10.0 Å². The van der Waals surface area contributed by atoms with Gasteiger partial charge in [-0.25, -0.2) is 4.72 Å². The first-order valence-electron chi connectivity index (χ1n) is 6.95. The fraction of sp³-hybridized carbons (Fsp3) is 0.333. The number of sulfonamides is 1. The lowest BCUT2D eigenvalue weighted by atomic mass is 10.1. The summed E-state index contributed by atoms with van der Waals surface area (Å²) < 4.78 is 27.8. The van der Waals surface area contributed by atoms with Crippen LogP contribution in [0.4, 0.5) is 0 Å². The number of carbonyl (C=O) groups excluding carboxylic acids is 1. The molecule has 0 atom stereocenters. The van der Waals surface area contributed by atoms with Crippen LogP contribution >= 0.6 is 0 Å². The van der Waals surface area contributed by atoms with Crippen molar-refractivity contribution in [2.75, 3.05) is 0 Å². The van der Waals surface area contributed by atoms with Crippen molar-refractivity contribution in [1.82, 2.24) is 14.5 Å². The Morgan fingerprint density at radius 3 is 2.32 bits per heavy atom. The SMILES string of the molecule is CCc1ccc(CC(=O)NS(=O)(=O)c2c(C)cnn2C)cc1. The number of aryl methyl sites for hydroxylation is 3. The molecule has 0 saturated heterocycles. The molecule has 0 radical (unpaired) electrons. The van der Waals surface area contributed by atoms with Gasteiger partial charge in [-0.15, -0.1) is 0 Å². The predicted molar refractivity (Wildman–Crippen MR) is 82.8 cm³/mol. The van der Waals surface area contributed by atoms with E-state index in [4.69, 9.17) is 0 Å². The van der Waals surface area contributed by atoms with Crippen molar-refractivity contribution in [1.29, 1.82) is 0 Å². The van der Waals surface area contributed by atoms with Gasteiger partial charge in [-0.1, -0.05) is 31.2 Å². The maximum absolute atomic E-state index is 12.2. The molecule has 7 heteroatoms. The zero-order valence-electron chi connectivity index (χ0n) is 12.8. The van der Waals surface area contributed by atoms with Crippen LogP contribution < -0.4 is 4.72 Å². The first-order valence-corrected chi connectivity index (χ1v) is 8.44. The molecule has 1 heterocycles. The van der Waals surface area contributed by atoms with Crippen LogP contribution in [-0.4, -0.2) is 24.1 Å². The van der Waals surface area contributed by atoms with Gasteiger partial charge in [0.2, 0.25) is 5.91 Å². The molecular formula is C15H19N3O3S. The molecule has 1 amide bonds. The molecule has 118 valence electrons. The maximum atomic E-state index is 12.2. The Kier molecular flexibility index (Phi) is 4.65. The Labute approximate surface area is 130 Å². The van der Waals surface area contributed by atoms with Crippen LogP contribution in [0.2, 0.25) is 0 Å². The molecule has 6 nitrogen and oxygen atoms in total. The normalized spacial score (nSPS) is 11.4. The molecule has 1 N–H and O–H groups in total. The van der Waals surface area contributed by atoms with Gasteiger partial charge in [-0.05, 0) is 24.5 Å². The van der Waals surface area contributed by atoms with Gasteiger partial charge in [0.05, 0.1) is 12.6 Å². The molecule has 0 aliphatic rings. The quantitative estimate of drug-likeness (QED) is 0.901. The number of nitrogens with one attached hydrogen (secondary N) is 1. The third-order valence-electron chi connectivity index (χ3n) is 3.35. The molecule has 0 unspecified atom stereocenters. The van der Waals surface area contributed by atoms with Crippen molar-refractivity contribution in [3.8, 4) is 0 Å². The Morgan fingerprint density at radius 2 is 1.82 bits per heavy atom. The van der Waals surface area contributed by atoms with Crippen LogP contribution in [0.5, 0.6) is 0 Å². The maximum Gasteiger partial charge on any atom is 0.281 e. The van der Waals surface area contributed by atoms with Crippen molar-refractivity contribution in [3.05, 3.63) is 47.2 Å². The number of aromatic nitrogens is 2. The van der Waals surface area contributed by atoms with E-state index in [0.29, 0.717) is 5.56 Å². The summed E-state index contributed by atoms with van der Waals surface area (Å²) in [5, 5.41) is 3.88. The smallest absolute Gasteiger partial charge is 0.274 e. The second-order valence-corrected chi connectivity index (χ2v) is 6.73. The number of amides is 1. The molecule has 0 fully saturated rings. The molecule has 2 rings (SSSR count). The standard InChI is InChI=1S/C15H19N3O3S/c1-4-12-5-7-13(8-6-12)9-14(19)17-22(20,21)15-11(2)10-16-18(15)3/h5-8,10H,4,9H2,1-3H3,(H,17,19). The molecule has 0 saturated carbocycles. The average molecular weight is 321 g/mol. The molecule has 0 bridgehead atoms. The number of hydrogen-bond acceptors (Lipinski definition) is 4. The summed E-state index contributed by atoms with van der Waals surface area (Å²) >= 11 is 0. The zero-order chi connectivity index (χ0) is 16.3. The Bertz CT molecular complexity index is 757. The highest BCUT2D eigenvalue weighted by atomic mass is 32.2. The molecule has 0 aliphatic heterocycles. The van der Waals surface area contributed by atoms with E-state index in [2.05, 4.69) is 9.82 Å². The van der Waals surface area contributed by atoms with E-state index in [-0.39, 0.29) is 11.4 Å². The number of nitrogens with zero attached hydrogens (tertiary/aromatic N) is 2. The van der Waals surface area contributed by atoms with Crippen LogP contribution in [0.25, 0.3) is 0 Å². The Morgan fingerprint density at radius 1 is 1.23 bits per heavy atom. The van der Waals surface area contributed by atoms with Gasteiger partial charge in [0.1, 0.15) is 0 Å². The van der Waals surface area contributed by atoms with Gasteiger partial charge in [-0.3, -0.25) is 9.48 Å². The Hall–Kier alpha value is -2.15. The van der Waals surface area contributed by atoms with Crippen LogP contribution in [-0.2, 0) is 34.7 Å². The average Bonchev–Trinajstić information content (AvgIpc) is 2.79. The second kappa shape index (κ2) is 6.31. The van der Waals surface area contributed by atoms with Crippen LogP contribution in [0.3, 0.4) is 0 Å². The summed E-state index contributed by atoms with van der Waals surface area (Å²) in [6, 6.07) is 7.53. The Balaban J connectivity index is 2.11. The highest BCUT2D eigenvalue weighted by molar-refractivity contribution is 7.90. The predicted octanol–water partition coefficient (Wildman–Crippen LogP) is 1.34. The van der Waals surface area contributed by atoms with Gasteiger partial charge < -0.3 is 0 Å². The first kappa shape index (κ1) is 16.2. The minimum absolute atomic E-state index is 0.00202. The second-order valence-electron chi connectivity index (χ2n) is 5.13. The number of carbonyl (C=O) groups is 1. The third-order valence-corrected chi connectivity index (χ3v) is 4.95. The largest absolute Gasteiger partial charge is 0.281 e. The van der Waals surface area contributed by atoms with Gasteiger partial charge >= 0.3 is 0 Å². The highest BCUT2D eigenvalue weighted by Crippen LogP contribution is 2.13. The van der Waals surface area contributed by atoms with E-state index >= 15 is 0 Å². The van der Waals surface area contributed by atoms with E-state index in [1.54, 1.807) is 6.92 Å². The molecule has 2 aromatic rings. The summed E-state index contributed by atoms with van der Waals surface area (Å²) in [6.45, 7) is 3.68. The fourth-order valence-electron chi connectivity index (χ4n) is 2.23. The molecule has 22 heavy (non-hydrogen) atoms. The van der Waals surface area contributed by atoms with E-state index in [9.17, 15) is 13.2 Å². The summed E-state index contributed by atoms with van der Waals surface area (Å²) in [5.74, 6) is -0.565. The third kappa shape index (κ3) is 3.54. The number of benzene rings is 1. The first-order chi connectivity index (χ1) is 10.3. The van der Waals surface area contributed by atoms with Crippen molar-refractivity contribution >= 4 is 15.9 Å². The van der Waals surface area contributed by atoms with Crippen LogP contribution in [0.1, 0.15) is 23.6 Å². The lowest BCUT2D eigenvalue weighted by Gasteiger charge is -2.08. The van der Waals surface area contributed by atoms with Crippen LogP contribution in [0, 0.1) is 6.92 Å². The molecule has 0 aliphatic carbocycles. The minimum Gasteiger partial charge on any atom is -0.274 e. The minimum atomic E-state index is -3.91. The van der Waals surface area contributed by atoms with Crippen molar-refractivity contribution in [2.45, 2.75) is 31.7 Å². The van der Waals surface area contributed by atoms with Crippen molar-refractivity contribution in [3.63, 3.8) is 0 Å². The lowest BCUT2D eigenvalue weighted by Crippen LogP contribution is -2.33. The highest BCUT2D eigenvalue weighted by Gasteiger charge is 2.23. The van der Waals surface area contributed by atoms with E-state index < -0.39 is 15.9 Å². The van der Waals surface area contributed by atoms with Gasteiger partial charge in [-0.2, -0.15) is 13.5 Å². The summed E-state index contributed by atoms with van der Waals surface area (Å²) in [5.41, 5.74) is 2.43. The van der Waals surface area contributed by atoms with E-state index in [1.807, 2.05) is 31.2 Å². The van der Waals surface area contributed by atoms with Crippen LogP contribution in [0.15, 0.2) is 35.5 Å². The summed E-state index contributed by atoms with van der Waals surface area (Å²) in [6.07, 6.45) is 2.38. The summed E-state index contributed by atoms with van der Waals surface area (Å²) in [4.78, 5) is 12.0. The monoisotopic (exact) mass is 321 g/mol. The fourth-order valence-corrected chi connectivity index (χ4v) is 3.57. The lowest BCUT2D eigenvalue weighted by molar-refractivity contribution is -0.118. The summed E-state index contributed by atoms with van der Waals surface area (Å²) in [7, 11) is -2.39.